The fourth-order valence-electron chi connectivity index (χ4n) is 13.1. The van der Waals surface area contributed by atoms with E-state index in [0.29, 0.717) is 23.0 Å². The quantitative estimate of drug-likeness (QED) is 0.152. The lowest BCUT2D eigenvalue weighted by Gasteiger charge is -2.20. The fourth-order valence-corrected chi connectivity index (χ4v) is 13.1. The SMILES string of the molecule is N#Cc1ccc(-n2c3ccccc3c3cc4c5ccccc5n(-c5ccccc5)c4cc32)c(-c2ccc(-c3nc(-c4ccccc4)nc(-c4ccccc4)n3)cc2-n2c3ccccc3c3cc4c5ccccc5n(-c5ccccc5)c4cc32)c1. The number of aromatic nitrogens is 7. The summed E-state index contributed by atoms with van der Waals surface area (Å²) < 4.78 is 9.59. The Labute approximate surface area is 481 Å². The molecule has 8 nitrogen and oxygen atoms in total. The van der Waals surface area contributed by atoms with Crippen LogP contribution in [0.5, 0.6) is 0 Å². The summed E-state index contributed by atoms with van der Waals surface area (Å²) in [4.78, 5) is 15.7. The van der Waals surface area contributed by atoms with Gasteiger partial charge in [0, 0.05) is 82.3 Å². The van der Waals surface area contributed by atoms with Crippen molar-refractivity contribution in [2.24, 2.45) is 0 Å². The molecule has 5 heterocycles. The van der Waals surface area contributed by atoms with Gasteiger partial charge in [-0.15, -0.1) is 0 Å². The van der Waals surface area contributed by atoms with Crippen LogP contribution in [0.2, 0.25) is 0 Å². The van der Waals surface area contributed by atoms with Crippen molar-refractivity contribution in [3.8, 4) is 74.1 Å². The molecule has 5 aromatic heterocycles. The van der Waals surface area contributed by atoms with Crippen molar-refractivity contribution >= 4 is 87.2 Å². The molecule has 8 heteroatoms. The van der Waals surface area contributed by atoms with Crippen LogP contribution in [0.25, 0.3) is 155 Å². The van der Waals surface area contributed by atoms with E-state index in [1.807, 2.05) is 66.7 Å². The summed E-state index contributed by atoms with van der Waals surface area (Å²) >= 11 is 0. The van der Waals surface area contributed by atoms with Gasteiger partial charge in [-0.1, -0.05) is 182 Å². The molecule has 0 saturated carbocycles. The Balaban J connectivity index is 0.994. The van der Waals surface area contributed by atoms with Crippen LogP contribution in [-0.4, -0.2) is 33.2 Å². The summed E-state index contributed by atoms with van der Waals surface area (Å²) in [6.07, 6.45) is 0. The first-order valence-electron chi connectivity index (χ1n) is 28.2. The van der Waals surface area contributed by atoms with Crippen molar-refractivity contribution in [1.82, 2.24) is 33.2 Å². The molecule has 0 aliphatic rings. The molecule has 0 radical (unpaired) electrons. The van der Waals surface area contributed by atoms with Gasteiger partial charge in [-0.25, -0.2) is 15.0 Å². The molecule has 12 aromatic carbocycles. The number of benzene rings is 12. The number of para-hydroxylation sites is 6. The Hall–Kier alpha value is -11.7. The monoisotopic (exact) mass is 1070 g/mol. The van der Waals surface area contributed by atoms with E-state index in [1.54, 1.807) is 0 Å². The van der Waals surface area contributed by atoms with Crippen LogP contribution >= 0.6 is 0 Å². The topological polar surface area (TPSA) is 82.2 Å². The maximum Gasteiger partial charge on any atom is 0.164 e. The predicted octanol–water partition coefficient (Wildman–Crippen LogP) is 18.8. The maximum absolute atomic E-state index is 11.0. The normalized spacial score (nSPS) is 11.8. The van der Waals surface area contributed by atoms with E-state index >= 15 is 0 Å². The Morgan fingerprint density at radius 1 is 0.250 bits per heavy atom. The van der Waals surface area contributed by atoms with E-state index in [4.69, 9.17) is 15.0 Å². The van der Waals surface area contributed by atoms with Gasteiger partial charge >= 0.3 is 0 Å². The Morgan fingerprint density at radius 2 is 0.619 bits per heavy atom. The van der Waals surface area contributed by atoms with Gasteiger partial charge in [-0.2, -0.15) is 5.26 Å². The lowest BCUT2D eigenvalue weighted by atomic mass is 9.96. The van der Waals surface area contributed by atoms with Gasteiger partial charge in [0.15, 0.2) is 17.5 Å². The van der Waals surface area contributed by atoms with Crippen LogP contribution < -0.4 is 0 Å². The van der Waals surface area contributed by atoms with Crippen molar-refractivity contribution < 1.29 is 0 Å². The minimum atomic E-state index is 0.536. The van der Waals surface area contributed by atoms with Crippen LogP contribution in [0, 0.1) is 11.3 Å². The highest BCUT2D eigenvalue weighted by Crippen LogP contribution is 2.46. The summed E-state index contributed by atoms with van der Waals surface area (Å²) in [5.41, 5.74) is 17.6. The number of hydrogen-bond donors (Lipinski definition) is 0. The van der Waals surface area contributed by atoms with E-state index in [2.05, 4.69) is 237 Å². The van der Waals surface area contributed by atoms with Gasteiger partial charge < -0.3 is 18.3 Å². The molecule has 17 aromatic rings. The molecule has 0 spiro atoms. The van der Waals surface area contributed by atoms with Crippen LogP contribution in [0.4, 0.5) is 0 Å². The fraction of sp³-hybridized carbons (Fsp3) is 0. The zero-order valence-corrected chi connectivity index (χ0v) is 45.1. The lowest BCUT2D eigenvalue weighted by molar-refractivity contribution is 1.07. The molecule has 17 rings (SSSR count). The zero-order chi connectivity index (χ0) is 55.4. The first-order valence-corrected chi connectivity index (χ1v) is 28.2. The average Bonchev–Trinajstić information content (AvgIpc) is 3.35. The second-order valence-corrected chi connectivity index (χ2v) is 21.5. The lowest BCUT2D eigenvalue weighted by Crippen LogP contribution is -2.04. The van der Waals surface area contributed by atoms with E-state index in [0.717, 1.165) is 116 Å². The van der Waals surface area contributed by atoms with Gasteiger partial charge in [0.25, 0.3) is 0 Å². The summed E-state index contributed by atoms with van der Waals surface area (Å²) in [5, 5.41) is 20.2. The van der Waals surface area contributed by atoms with Crippen molar-refractivity contribution in [2.45, 2.75) is 0 Å². The third kappa shape index (κ3) is 7.23. The summed E-state index contributed by atoms with van der Waals surface area (Å²) in [5.74, 6) is 1.69. The molecule has 0 amide bonds. The Kier molecular flexibility index (Phi) is 10.5. The van der Waals surface area contributed by atoms with Gasteiger partial charge in [0.05, 0.1) is 67.1 Å². The minimum absolute atomic E-state index is 0.536. The number of hydrogen-bond acceptors (Lipinski definition) is 4. The molecule has 0 unspecified atom stereocenters. The number of nitrogens with zero attached hydrogens (tertiary/aromatic N) is 8. The molecule has 0 N–H and O–H groups in total. The van der Waals surface area contributed by atoms with Gasteiger partial charge in [0.2, 0.25) is 0 Å². The van der Waals surface area contributed by atoms with Crippen molar-refractivity contribution in [3.05, 3.63) is 285 Å². The molecule has 0 aliphatic carbocycles. The second-order valence-electron chi connectivity index (χ2n) is 21.5. The first-order chi connectivity index (χ1) is 41.6. The highest BCUT2D eigenvalue weighted by Gasteiger charge is 2.26. The van der Waals surface area contributed by atoms with Crippen LogP contribution in [0.1, 0.15) is 5.56 Å². The van der Waals surface area contributed by atoms with E-state index in [1.165, 1.54) is 21.5 Å². The van der Waals surface area contributed by atoms with Gasteiger partial charge in [-0.05, 0) is 97.1 Å². The molecular formula is C76H46N8. The second kappa shape index (κ2) is 18.7. The van der Waals surface area contributed by atoms with Crippen LogP contribution in [0.3, 0.4) is 0 Å². The highest BCUT2D eigenvalue weighted by molar-refractivity contribution is 6.21. The minimum Gasteiger partial charge on any atom is -0.309 e. The Morgan fingerprint density at radius 3 is 1.06 bits per heavy atom. The molecule has 0 fully saturated rings. The molecular weight excluding hydrogens is 1020 g/mol. The van der Waals surface area contributed by atoms with Crippen LogP contribution in [-0.2, 0) is 0 Å². The summed E-state index contributed by atoms with van der Waals surface area (Å²) in [6, 6.07) is 101. The van der Waals surface area contributed by atoms with Gasteiger partial charge in [0.1, 0.15) is 0 Å². The van der Waals surface area contributed by atoms with E-state index in [9.17, 15) is 5.26 Å². The average molecular weight is 1070 g/mol. The number of rotatable bonds is 8. The third-order valence-electron chi connectivity index (χ3n) is 16.8. The predicted molar refractivity (Wildman–Crippen MR) is 344 cm³/mol. The van der Waals surface area contributed by atoms with Crippen molar-refractivity contribution in [2.75, 3.05) is 0 Å². The van der Waals surface area contributed by atoms with Crippen LogP contribution in [0.15, 0.2) is 279 Å². The standard InChI is InChI=1S/C76H46N8/c77-47-48-37-40-68(83-66-35-19-15-31-56(66)62-43-60-54-29-13-17-33-64(54)81(70(60)45-72(62)83)52-25-9-3-10-26-52)59(41-48)58-39-38-51(76-79-74(49-21-5-1-6-22-49)78-75(80-76)50-23-7-2-8-24-50)42-69(58)84-67-36-20-16-32-57(67)63-44-61-55-30-14-18-34-65(55)82(71(61)46-73(63)84)53-27-11-4-12-28-53/h1-46H. The molecule has 0 aliphatic heterocycles. The summed E-state index contributed by atoms with van der Waals surface area (Å²) in [6.45, 7) is 0. The first kappa shape index (κ1) is 47.2. The Bertz CT molecular complexity index is 5490. The highest BCUT2D eigenvalue weighted by atomic mass is 15.1. The van der Waals surface area contributed by atoms with Gasteiger partial charge in [-0.3, -0.25) is 0 Å². The number of nitriles is 1. The van der Waals surface area contributed by atoms with Crippen molar-refractivity contribution in [1.29, 1.82) is 5.26 Å². The zero-order valence-electron chi connectivity index (χ0n) is 45.1. The largest absolute Gasteiger partial charge is 0.309 e. The molecule has 0 atom stereocenters. The van der Waals surface area contributed by atoms with E-state index < -0.39 is 0 Å². The molecule has 0 saturated heterocycles. The maximum atomic E-state index is 11.0. The smallest absolute Gasteiger partial charge is 0.164 e. The van der Waals surface area contributed by atoms with E-state index in [-0.39, 0.29) is 0 Å². The van der Waals surface area contributed by atoms with Crippen molar-refractivity contribution in [3.63, 3.8) is 0 Å². The number of fused-ring (bicyclic) bond motifs is 12. The molecule has 390 valence electrons. The summed E-state index contributed by atoms with van der Waals surface area (Å²) in [7, 11) is 0. The molecule has 0 bridgehead atoms. The third-order valence-corrected chi connectivity index (χ3v) is 16.8. The molecule has 84 heavy (non-hydrogen) atoms.